The maximum absolute atomic E-state index is 13.4. The van der Waals surface area contributed by atoms with Gasteiger partial charge < -0.3 is 19.5 Å². The SMILES string of the molecule is COc1ccc(C(=O)CC2(O)C(=O)N(Cc3ccccc3)c3ccccc32)c(OC)c1. The molecule has 6 heteroatoms. The normalized spacial score (nSPS) is 17.4. The molecule has 1 aliphatic rings. The molecule has 0 aromatic heterocycles. The predicted molar refractivity (Wildman–Crippen MR) is 116 cm³/mol. The second-order valence-electron chi connectivity index (χ2n) is 7.42. The lowest BCUT2D eigenvalue weighted by atomic mass is 9.88. The summed E-state index contributed by atoms with van der Waals surface area (Å²) in [6.07, 6.45) is -0.392. The van der Waals surface area contributed by atoms with Gasteiger partial charge in [-0.25, -0.2) is 0 Å². The van der Waals surface area contributed by atoms with E-state index < -0.39 is 23.7 Å². The van der Waals surface area contributed by atoms with Crippen molar-refractivity contribution in [3.63, 3.8) is 0 Å². The first-order chi connectivity index (χ1) is 15.0. The summed E-state index contributed by atoms with van der Waals surface area (Å²) in [7, 11) is 2.98. The molecule has 1 amide bonds. The number of amides is 1. The van der Waals surface area contributed by atoms with Gasteiger partial charge in [-0.1, -0.05) is 48.5 Å². The molecule has 6 nitrogen and oxygen atoms in total. The lowest BCUT2D eigenvalue weighted by molar-refractivity contribution is -0.136. The average Bonchev–Trinajstić information content (AvgIpc) is 3.01. The summed E-state index contributed by atoms with van der Waals surface area (Å²) in [5.74, 6) is -0.0404. The van der Waals surface area contributed by atoms with Crippen molar-refractivity contribution >= 4 is 17.4 Å². The zero-order valence-electron chi connectivity index (χ0n) is 17.4. The van der Waals surface area contributed by atoms with Gasteiger partial charge >= 0.3 is 0 Å². The summed E-state index contributed by atoms with van der Waals surface area (Å²) in [5, 5.41) is 11.5. The van der Waals surface area contributed by atoms with Gasteiger partial charge in [0.1, 0.15) is 11.5 Å². The third kappa shape index (κ3) is 3.66. The predicted octanol–water partition coefficient (Wildman–Crippen LogP) is 3.71. The number of benzene rings is 3. The first-order valence-corrected chi connectivity index (χ1v) is 9.91. The van der Waals surface area contributed by atoms with Gasteiger partial charge in [-0.2, -0.15) is 0 Å². The van der Waals surface area contributed by atoms with E-state index in [1.165, 1.54) is 19.1 Å². The molecule has 3 aromatic carbocycles. The van der Waals surface area contributed by atoms with E-state index in [2.05, 4.69) is 0 Å². The molecular formula is C25H23NO5. The fourth-order valence-electron chi connectivity index (χ4n) is 3.96. The van der Waals surface area contributed by atoms with E-state index in [9.17, 15) is 14.7 Å². The fraction of sp³-hybridized carbons (Fsp3) is 0.200. The minimum absolute atomic E-state index is 0.281. The van der Waals surface area contributed by atoms with E-state index in [1.807, 2.05) is 36.4 Å². The fourth-order valence-corrected chi connectivity index (χ4v) is 3.96. The Bertz CT molecular complexity index is 1130. The van der Waals surface area contributed by atoms with Crippen molar-refractivity contribution in [2.45, 2.75) is 18.6 Å². The number of rotatable bonds is 7. The lowest BCUT2D eigenvalue weighted by Crippen LogP contribution is -2.41. The Labute approximate surface area is 180 Å². The van der Waals surface area contributed by atoms with E-state index in [1.54, 1.807) is 36.4 Å². The number of aliphatic hydroxyl groups is 1. The van der Waals surface area contributed by atoms with Gasteiger partial charge in [0.2, 0.25) is 0 Å². The molecule has 1 atom stereocenters. The minimum atomic E-state index is -1.95. The highest BCUT2D eigenvalue weighted by Crippen LogP contribution is 2.44. The molecule has 0 aliphatic carbocycles. The van der Waals surface area contributed by atoms with Crippen LogP contribution in [0, 0.1) is 0 Å². The molecule has 158 valence electrons. The Hall–Kier alpha value is -3.64. The smallest absolute Gasteiger partial charge is 0.264 e. The molecule has 31 heavy (non-hydrogen) atoms. The second-order valence-corrected chi connectivity index (χ2v) is 7.42. The van der Waals surface area contributed by atoms with Crippen LogP contribution in [0.1, 0.15) is 27.9 Å². The number of para-hydroxylation sites is 1. The third-order valence-electron chi connectivity index (χ3n) is 5.55. The van der Waals surface area contributed by atoms with Crippen LogP contribution in [0.3, 0.4) is 0 Å². The Balaban J connectivity index is 1.68. The van der Waals surface area contributed by atoms with Crippen LogP contribution < -0.4 is 14.4 Å². The van der Waals surface area contributed by atoms with Crippen molar-refractivity contribution in [3.05, 3.63) is 89.5 Å². The molecular weight excluding hydrogens is 394 g/mol. The zero-order valence-corrected chi connectivity index (χ0v) is 17.4. The maximum Gasteiger partial charge on any atom is 0.264 e. The van der Waals surface area contributed by atoms with Crippen LogP contribution in [0.25, 0.3) is 0 Å². The topological polar surface area (TPSA) is 76.1 Å². The van der Waals surface area contributed by atoms with Crippen molar-refractivity contribution in [2.75, 3.05) is 19.1 Å². The molecule has 1 unspecified atom stereocenters. The van der Waals surface area contributed by atoms with Gasteiger partial charge in [0.15, 0.2) is 11.4 Å². The molecule has 0 spiro atoms. The minimum Gasteiger partial charge on any atom is -0.497 e. The van der Waals surface area contributed by atoms with E-state index in [4.69, 9.17) is 9.47 Å². The zero-order chi connectivity index (χ0) is 22.0. The summed E-state index contributed by atoms with van der Waals surface area (Å²) < 4.78 is 10.5. The summed E-state index contributed by atoms with van der Waals surface area (Å²) in [4.78, 5) is 28.1. The standard InChI is InChI=1S/C25H23NO5/c1-30-18-12-13-19(23(14-18)31-2)22(27)15-25(29)20-10-6-7-11-21(20)26(24(25)28)16-17-8-4-3-5-9-17/h3-14,29H,15-16H2,1-2H3. The number of nitrogens with zero attached hydrogens (tertiary/aromatic N) is 1. The summed E-state index contributed by atoms with van der Waals surface area (Å²) in [6, 6.07) is 21.4. The van der Waals surface area contributed by atoms with Gasteiger partial charge in [-0.15, -0.1) is 0 Å². The Kier molecular flexibility index (Phi) is 5.48. The number of methoxy groups -OCH3 is 2. The van der Waals surface area contributed by atoms with Gasteiger partial charge in [0.25, 0.3) is 5.91 Å². The van der Waals surface area contributed by atoms with Gasteiger partial charge in [0, 0.05) is 11.6 Å². The number of carbonyl (C=O) groups is 2. The molecule has 0 bridgehead atoms. The molecule has 3 aromatic rings. The van der Waals surface area contributed by atoms with Crippen molar-refractivity contribution in [3.8, 4) is 11.5 Å². The molecule has 4 rings (SSSR count). The number of Topliss-reactive ketones (excluding diaryl/α,β-unsaturated/α-hetero) is 1. The monoisotopic (exact) mass is 417 g/mol. The highest BCUT2D eigenvalue weighted by molar-refractivity contribution is 6.11. The van der Waals surface area contributed by atoms with E-state index in [0.29, 0.717) is 29.3 Å². The largest absolute Gasteiger partial charge is 0.497 e. The van der Waals surface area contributed by atoms with Crippen LogP contribution >= 0.6 is 0 Å². The lowest BCUT2D eigenvalue weighted by Gasteiger charge is -2.23. The van der Waals surface area contributed by atoms with E-state index >= 15 is 0 Å². The molecule has 0 saturated heterocycles. The van der Waals surface area contributed by atoms with Gasteiger partial charge in [-0.05, 0) is 23.8 Å². The summed E-state index contributed by atoms with van der Waals surface area (Å²) >= 11 is 0. The Morgan fingerprint density at radius 1 is 0.968 bits per heavy atom. The van der Waals surface area contributed by atoms with Crippen LogP contribution in [0.2, 0.25) is 0 Å². The van der Waals surface area contributed by atoms with Crippen molar-refractivity contribution in [1.82, 2.24) is 0 Å². The van der Waals surface area contributed by atoms with Crippen LogP contribution in [0.5, 0.6) is 11.5 Å². The van der Waals surface area contributed by atoms with Crippen molar-refractivity contribution < 1.29 is 24.2 Å². The van der Waals surface area contributed by atoms with Crippen LogP contribution in [-0.2, 0) is 16.9 Å². The van der Waals surface area contributed by atoms with Crippen LogP contribution in [-0.4, -0.2) is 31.0 Å². The molecule has 1 aliphatic heterocycles. The number of hydrogen-bond donors (Lipinski definition) is 1. The third-order valence-corrected chi connectivity index (χ3v) is 5.55. The molecule has 0 radical (unpaired) electrons. The number of fused-ring (bicyclic) bond motifs is 1. The highest BCUT2D eigenvalue weighted by Gasteiger charge is 2.50. The number of carbonyl (C=O) groups excluding carboxylic acids is 2. The van der Waals surface area contributed by atoms with Crippen molar-refractivity contribution in [1.29, 1.82) is 0 Å². The maximum atomic E-state index is 13.4. The molecule has 1 heterocycles. The van der Waals surface area contributed by atoms with E-state index in [0.717, 1.165) is 5.56 Å². The quantitative estimate of drug-likeness (QED) is 0.593. The highest BCUT2D eigenvalue weighted by atomic mass is 16.5. The summed E-state index contributed by atoms with van der Waals surface area (Å²) in [5.41, 5.74) is 0.291. The number of ketones is 1. The van der Waals surface area contributed by atoms with Crippen LogP contribution in [0.15, 0.2) is 72.8 Å². The van der Waals surface area contributed by atoms with Crippen LogP contribution in [0.4, 0.5) is 5.69 Å². The van der Waals surface area contributed by atoms with Gasteiger partial charge in [0.05, 0.1) is 38.4 Å². The number of hydrogen-bond acceptors (Lipinski definition) is 5. The Morgan fingerprint density at radius 2 is 1.68 bits per heavy atom. The van der Waals surface area contributed by atoms with E-state index in [-0.39, 0.29) is 5.56 Å². The molecule has 1 N–H and O–H groups in total. The number of ether oxygens (including phenoxy) is 2. The summed E-state index contributed by atoms with van der Waals surface area (Å²) in [6.45, 7) is 0.305. The molecule has 0 fully saturated rings. The van der Waals surface area contributed by atoms with Crippen molar-refractivity contribution in [2.24, 2.45) is 0 Å². The number of anilines is 1. The second kappa shape index (κ2) is 8.24. The van der Waals surface area contributed by atoms with Gasteiger partial charge in [-0.3, -0.25) is 9.59 Å². The first-order valence-electron chi connectivity index (χ1n) is 9.91. The average molecular weight is 417 g/mol. The first kappa shape index (κ1) is 20.6. The molecule has 0 saturated carbocycles. The Morgan fingerprint density at radius 3 is 2.39 bits per heavy atom.